The predicted octanol–water partition coefficient (Wildman–Crippen LogP) is 1.89. The molecule has 1 aliphatic heterocycles. The van der Waals surface area contributed by atoms with Gasteiger partial charge in [-0.05, 0) is 31.1 Å². The van der Waals surface area contributed by atoms with E-state index in [1.165, 1.54) is 6.07 Å². The van der Waals surface area contributed by atoms with Gasteiger partial charge in [-0.2, -0.15) is 0 Å². The first kappa shape index (κ1) is 14.4. The van der Waals surface area contributed by atoms with Gasteiger partial charge in [-0.25, -0.2) is 4.39 Å². The van der Waals surface area contributed by atoms with Crippen LogP contribution in [0.25, 0.3) is 0 Å². The van der Waals surface area contributed by atoms with Gasteiger partial charge in [-0.15, -0.1) is 0 Å². The number of carbonyl (C=O) groups excluding carboxylic acids is 1. The molecule has 0 aromatic heterocycles. The van der Waals surface area contributed by atoms with Crippen LogP contribution < -0.4 is 5.32 Å². The SMILES string of the molecule is O=C(Cc1cccc(Cl)c1F)CN1CCCNCC1. The van der Waals surface area contributed by atoms with E-state index in [9.17, 15) is 9.18 Å². The number of hydrogen-bond donors (Lipinski definition) is 1. The van der Waals surface area contributed by atoms with Crippen molar-refractivity contribution in [3.8, 4) is 0 Å². The van der Waals surface area contributed by atoms with Crippen molar-refractivity contribution in [2.24, 2.45) is 0 Å². The van der Waals surface area contributed by atoms with Crippen molar-refractivity contribution in [1.82, 2.24) is 10.2 Å². The Bertz CT molecular complexity index is 445. The van der Waals surface area contributed by atoms with Crippen LogP contribution in [-0.4, -0.2) is 43.4 Å². The molecule has 1 heterocycles. The van der Waals surface area contributed by atoms with Crippen LogP contribution in [0.5, 0.6) is 0 Å². The molecule has 5 heteroatoms. The molecule has 1 aromatic carbocycles. The van der Waals surface area contributed by atoms with Crippen molar-refractivity contribution in [3.63, 3.8) is 0 Å². The second-order valence-electron chi connectivity index (χ2n) is 4.81. The lowest BCUT2D eigenvalue weighted by molar-refractivity contribution is -0.119. The molecule has 0 amide bonds. The third-order valence-corrected chi connectivity index (χ3v) is 3.54. The zero-order valence-corrected chi connectivity index (χ0v) is 11.5. The Morgan fingerprint density at radius 2 is 2.21 bits per heavy atom. The lowest BCUT2D eigenvalue weighted by Gasteiger charge is -2.18. The zero-order chi connectivity index (χ0) is 13.7. The van der Waals surface area contributed by atoms with Crippen LogP contribution >= 0.6 is 11.6 Å². The van der Waals surface area contributed by atoms with Crippen molar-refractivity contribution >= 4 is 17.4 Å². The summed E-state index contributed by atoms with van der Waals surface area (Å²) < 4.78 is 13.7. The number of nitrogens with zero attached hydrogens (tertiary/aromatic N) is 1. The summed E-state index contributed by atoms with van der Waals surface area (Å²) in [6, 6.07) is 4.78. The molecule has 0 saturated carbocycles. The molecule has 1 fully saturated rings. The highest BCUT2D eigenvalue weighted by atomic mass is 35.5. The first-order chi connectivity index (χ1) is 9.16. The molecule has 0 radical (unpaired) electrons. The molecular weight excluding hydrogens is 267 g/mol. The lowest BCUT2D eigenvalue weighted by Crippen LogP contribution is -2.33. The minimum atomic E-state index is -0.477. The summed E-state index contributed by atoms with van der Waals surface area (Å²) in [6.07, 6.45) is 1.15. The van der Waals surface area contributed by atoms with Gasteiger partial charge in [0.15, 0.2) is 5.78 Å². The highest BCUT2D eigenvalue weighted by Gasteiger charge is 2.15. The minimum absolute atomic E-state index is 0.0306. The van der Waals surface area contributed by atoms with E-state index in [2.05, 4.69) is 10.2 Å². The van der Waals surface area contributed by atoms with Gasteiger partial charge in [0.25, 0.3) is 0 Å². The first-order valence-corrected chi connectivity index (χ1v) is 6.92. The summed E-state index contributed by atoms with van der Waals surface area (Å²) >= 11 is 5.71. The quantitative estimate of drug-likeness (QED) is 0.916. The average molecular weight is 285 g/mol. The number of benzene rings is 1. The molecule has 1 N–H and O–H groups in total. The monoisotopic (exact) mass is 284 g/mol. The number of halogens is 2. The molecule has 0 aliphatic carbocycles. The summed E-state index contributed by atoms with van der Waals surface area (Å²) in [7, 11) is 0. The Morgan fingerprint density at radius 1 is 1.37 bits per heavy atom. The van der Waals surface area contributed by atoms with Crippen LogP contribution in [0, 0.1) is 5.82 Å². The molecule has 19 heavy (non-hydrogen) atoms. The number of Topliss-reactive ketones (excluding diaryl/α,β-unsaturated/α-hetero) is 1. The maximum Gasteiger partial charge on any atom is 0.151 e. The molecule has 0 unspecified atom stereocenters. The van der Waals surface area contributed by atoms with Gasteiger partial charge in [0.05, 0.1) is 11.6 Å². The van der Waals surface area contributed by atoms with Gasteiger partial charge < -0.3 is 5.32 Å². The predicted molar refractivity (Wildman–Crippen MR) is 74.0 cm³/mol. The lowest BCUT2D eigenvalue weighted by atomic mass is 10.1. The number of nitrogens with one attached hydrogen (secondary N) is 1. The van der Waals surface area contributed by atoms with Crippen molar-refractivity contribution in [2.75, 3.05) is 32.7 Å². The summed E-state index contributed by atoms with van der Waals surface area (Å²) in [5, 5.41) is 3.36. The molecule has 1 saturated heterocycles. The standard InChI is InChI=1S/C14H18ClFN2O/c15-13-4-1-3-11(14(13)16)9-12(19)10-18-7-2-5-17-6-8-18/h1,3-4,17H,2,5-10H2. The molecule has 1 aliphatic rings. The average Bonchev–Trinajstić information content (AvgIpc) is 2.63. The van der Waals surface area contributed by atoms with Crippen molar-refractivity contribution < 1.29 is 9.18 Å². The van der Waals surface area contributed by atoms with Crippen molar-refractivity contribution in [2.45, 2.75) is 12.8 Å². The second-order valence-corrected chi connectivity index (χ2v) is 5.22. The zero-order valence-electron chi connectivity index (χ0n) is 10.8. The molecular formula is C14H18ClFN2O. The third-order valence-electron chi connectivity index (χ3n) is 3.25. The van der Waals surface area contributed by atoms with E-state index in [-0.39, 0.29) is 17.2 Å². The Morgan fingerprint density at radius 3 is 3.05 bits per heavy atom. The van der Waals surface area contributed by atoms with E-state index < -0.39 is 5.82 Å². The normalized spacial score (nSPS) is 17.2. The van der Waals surface area contributed by atoms with E-state index in [1.54, 1.807) is 12.1 Å². The van der Waals surface area contributed by atoms with E-state index >= 15 is 0 Å². The largest absolute Gasteiger partial charge is 0.315 e. The molecule has 2 rings (SSSR count). The summed E-state index contributed by atoms with van der Waals surface area (Å²) in [5.41, 5.74) is 0.380. The molecule has 0 spiro atoms. The fourth-order valence-electron chi connectivity index (χ4n) is 2.26. The van der Waals surface area contributed by atoms with Crippen LogP contribution in [0.1, 0.15) is 12.0 Å². The maximum absolute atomic E-state index is 13.7. The number of carbonyl (C=O) groups is 1. The van der Waals surface area contributed by atoms with Crippen LogP contribution in [0.4, 0.5) is 4.39 Å². The molecule has 3 nitrogen and oxygen atoms in total. The minimum Gasteiger partial charge on any atom is -0.315 e. The highest BCUT2D eigenvalue weighted by molar-refractivity contribution is 6.30. The van der Waals surface area contributed by atoms with Crippen LogP contribution in [-0.2, 0) is 11.2 Å². The van der Waals surface area contributed by atoms with Crippen LogP contribution in [0.15, 0.2) is 18.2 Å². The van der Waals surface area contributed by atoms with Crippen LogP contribution in [0.3, 0.4) is 0 Å². The van der Waals surface area contributed by atoms with Gasteiger partial charge >= 0.3 is 0 Å². The summed E-state index contributed by atoms with van der Waals surface area (Å²) in [6.45, 7) is 4.06. The van der Waals surface area contributed by atoms with E-state index in [1.807, 2.05) is 0 Å². The Kier molecular flexibility index (Phi) is 5.31. The molecule has 0 bridgehead atoms. The Labute approximate surface area is 117 Å². The Hall–Kier alpha value is -0.970. The van der Waals surface area contributed by atoms with Gasteiger partial charge in [-0.1, -0.05) is 23.7 Å². The summed E-state index contributed by atoms with van der Waals surface area (Å²) in [4.78, 5) is 14.1. The van der Waals surface area contributed by atoms with E-state index in [0.717, 1.165) is 32.6 Å². The fourth-order valence-corrected chi connectivity index (χ4v) is 2.46. The third kappa shape index (κ3) is 4.27. The first-order valence-electron chi connectivity index (χ1n) is 6.54. The smallest absolute Gasteiger partial charge is 0.151 e. The highest BCUT2D eigenvalue weighted by Crippen LogP contribution is 2.18. The van der Waals surface area contributed by atoms with E-state index in [4.69, 9.17) is 11.6 Å². The Balaban J connectivity index is 1.91. The van der Waals surface area contributed by atoms with Gasteiger partial charge in [0.1, 0.15) is 5.82 Å². The molecule has 0 atom stereocenters. The van der Waals surface area contributed by atoms with E-state index in [0.29, 0.717) is 12.1 Å². The fraction of sp³-hybridized carbons (Fsp3) is 0.500. The van der Waals surface area contributed by atoms with Crippen LogP contribution in [0.2, 0.25) is 5.02 Å². The number of rotatable bonds is 4. The van der Waals surface area contributed by atoms with Gasteiger partial charge in [0, 0.05) is 19.5 Å². The maximum atomic E-state index is 13.7. The number of hydrogen-bond acceptors (Lipinski definition) is 3. The van der Waals surface area contributed by atoms with Gasteiger partial charge in [-0.3, -0.25) is 9.69 Å². The number of ketones is 1. The van der Waals surface area contributed by atoms with Crippen molar-refractivity contribution in [1.29, 1.82) is 0 Å². The molecule has 1 aromatic rings. The second kappa shape index (κ2) is 6.98. The topological polar surface area (TPSA) is 32.3 Å². The van der Waals surface area contributed by atoms with Crippen molar-refractivity contribution in [3.05, 3.63) is 34.6 Å². The summed E-state index contributed by atoms with van der Waals surface area (Å²) in [5.74, 6) is -0.446. The van der Waals surface area contributed by atoms with Gasteiger partial charge in [0.2, 0.25) is 0 Å². The molecule has 104 valence electrons.